The number of nitrogens with zero attached hydrogens (tertiary/aromatic N) is 1. The lowest BCUT2D eigenvalue weighted by Crippen LogP contribution is -2.28. The van der Waals surface area contributed by atoms with Crippen molar-refractivity contribution < 1.29 is 22.7 Å². The Morgan fingerprint density at radius 3 is 2.29 bits per heavy atom. The molecule has 0 aliphatic rings. The van der Waals surface area contributed by atoms with E-state index in [9.17, 15) is 13.2 Å². The number of amides is 1. The number of carbonyl (C=O) groups is 1. The number of hydrogen-bond donors (Lipinski definition) is 1. The van der Waals surface area contributed by atoms with Crippen molar-refractivity contribution >= 4 is 32.4 Å². The maximum absolute atomic E-state index is 12.9. The quantitative estimate of drug-likeness (QED) is 0.350. The van der Waals surface area contributed by atoms with Crippen molar-refractivity contribution in [3.8, 4) is 11.5 Å². The van der Waals surface area contributed by atoms with E-state index in [1.807, 2.05) is 42.5 Å². The Morgan fingerprint density at radius 1 is 0.886 bits per heavy atom. The molecule has 0 bridgehead atoms. The molecule has 1 N–H and O–H groups in total. The molecule has 4 aromatic rings. The van der Waals surface area contributed by atoms with Crippen LogP contribution in [0.5, 0.6) is 11.5 Å². The van der Waals surface area contributed by atoms with E-state index in [1.54, 1.807) is 36.4 Å². The van der Waals surface area contributed by atoms with E-state index in [2.05, 4.69) is 5.32 Å². The summed E-state index contributed by atoms with van der Waals surface area (Å²) in [6.45, 7) is 0.649. The zero-order valence-electron chi connectivity index (χ0n) is 19.5. The molecule has 0 radical (unpaired) electrons. The van der Waals surface area contributed by atoms with Gasteiger partial charge in [-0.15, -0.1) is 0 Å². The normalized spacial score (nSPS) is 11.1. The molecule has 0 aliphatic heterocycles. The molecule has 4 rings (SSSR count). The molecule has 0 fully saturated rings. The number of methoxy groups -OCH3 is 1. The molecule has 8 heteroatoms. The van der Waals surface area contributed by atoms with Gasteiger partial charge in [-0.2, -0.15) is 0 Å². The van der Waals surface area contributed by atoms with Gasteiger partial charge in [-0.1, -0.05) is 36.4 Å². The lowest BCUT2D eigenvalue weighted by molar-refractivity contribution is 0.0947. The summed E-state index contributed by atoms with van der Waals surface area (Å²) < 4.78 is 37.9. The number of anilines is 1. The Labute approximate surface area is 205 Å². The van der Waals surface area contributed by atoms with Crippen LogP contribution in [0.4, 0.5) is 5.69 Å². The molecule has 1 amide bonds. The number of benzene rings is 4. The summed E-state index contributed by atoms with van der Waals surface area (Å²) in [7, 11) is -0.758. The Hall–Kier alpha value is -4.04. The van der Waals surface area contributed by atoms with Gasteiger partial charge < -0.3 is 14.8 Å². The van der Waals surface area contributed by atoms with Crippen LogP contribution in [0, 0.1) is 0 Å². The van der Waals surface area contributed by atoms with Gasteiger partial charge in [-0.25, -0.2) is 8.42 Å². The lowest BCUT2D eigenvalue weighted by atomic mass is 10.1. The van der Waals surface area contributed by atoms with Crippen molar-refractivity contribution in [2.45, 2.75) is 4.90 Å². The highest BCUT2D eigenvalue weighted by atomic mass is 32.2. The molecule has 0 atom stereocenters. The minimum Gasteiger partial charge on any atom is -0.497 e. The van der Waals surface area contributed by atoms with Gasteiger partial charge in [0, 0.05) is 18.0 Å². The number of nitrogens with one attached hydrogen (secondary N) is 1. The van der Waals surface area contributed by atoms with Crippen LogP contribution in [0.2, 0.25) is 0 Å². The highest BCUT2D eigenvalue weighted by Gasteiger charge is 2.21. The van der Waals surface area contributed by atoms with Crippen molar-refractivity contribution in [1.82, 2.24) is 5.32 Å². The Balaban J connectivity index is 1.34. The van der Waals surface area contributed by atoms with Gasteiger partial charge in [-0.3, -0.25) is 9.10 Å². The zero-order valence-corrected chi connectivity index (χ0v) is 20.3. The number of sulfonamides is 1. The topological polar surface area (TPSA) is 84.9 Å². The van der Waals surface area contributed by atoms with E-state index in [0.717, 1.165) is 16.5 Å². The number of carbonyl (C=O) groups excluding carboxylic acids is 1. The van der Waals surface area contributed by atoms with Crippen LogP contribution < -0.4 is 19.1 Å². The molecule has 0 saturated heterocycles. The van der Waals surface area contributed by atoms with Crippen LogP contribution >= 0.6 is 0 Å². The fourth-order valence-electron chi connectivity index (χ4n) is 3.62. The molecule has 0 saturated carbocycles. The summed E-state index contributed by atoms with van der Waals surface area (Å²) >= 11 is 0. The van der Waals surface area contributed by atoms with Gasteiger partial charge >= 0.3 is 0 Å². The smallest absolute Gasteiger partial charge is 0.264 e. The van der Waals surface area contributed by atoms with Gasteiger partial charge in [0.05, 0.1) is 24.2 Å². The number of ether oxygens (including phenoxy) is 2. The molecule has 0 unspecified atom stereocenters. The van der Waals surface area contributed by atoms with Crippen LogP contribution in [-0.4, -0.2) is 41.6 Å². The van der Waals surface area contributed by atoms with Crippen LogP contribution in [0.25, 0.3) is 10.8 Å². The average molecular weight is 491 g/mol. The van der Waals surface area contributed by atoms with E-state index in [1.165, 1.54) is 30.6 Å². The van der Waals surface area contributed by atoms with Gasteiger partial charge in [0.15, 0.2) is 0 Å². The monoisotopic (exact) mass is 490 g/mol. The van der Waals surface area contributed by atoms with E-state index in [-0.39, 0.29) is 10.8 Å². The first-order chi connectivity index (χ1) is 16.9. The second kappa shape index (κ2) is 10.5. The van der Waals surface area contributed by atoms with Crippen molar-refractivity contribution in [3.05, 3.63) is 96.6 Å². The van der Waals surface area contributed by atoms with Crippen molar-refractivity contribution in [2.24, 2.45) is 0 Å². The molecule has 0 heterocycles. The van der Waals surface area contributed by atoms with Gasteiger partial charge in [0.25, 0.3) is 15.9 Å². The third-order valence-electron chi connectivity index (χ3n) is 5.61. The fraction of sp³-hybridized carbons (Fsp3) is 0.148. The maximum atomic E-state index is 12.9. The summed E-state index contributed by atoms with van der Waals surface area (Å²) in [4.78, 5) is 12.7. The van der Waals surface area contributed by atoms with Crippen molar-refractivity contribution in [2.75, 3.05) is 31.6 Å². The van der Waals surface area contributed by atoms with Crippen LogP contribution in [0.1, 0.15) is 10.4 Å². The summed E-state index contributed by atoms with van der Waals surface area (Å²) in [5.74, 6) is 1.08. The van der Waals surface area contributed by atoms with Crippen LogP contribution in [0.3, 0.4) is 0 Å². The first kappa shape index (κ1) is 24.1. The number of hydrogen-bond acceptors (Lipinski definition) is 5. The first-order valence-corrected chi connectivity index (χ1v) is 12.5. The molecular weight excluding hydrogens is 464 g/mol. The molecule has 0 spiro atoms. The van der Waals surface area contributed by atoms with E-state index in [4.69, 9.17) is 9.47 Å². The molecule has 4 aromatic carbocycles. The summed E-state index contributed by atoms with van der Waals surface area (Å²) in [6, 6.07) is 26.4. The largest absolute Gasteiger partial charge is 0.497 e. The fourth-order valence-corrected chi connectivity index (χ4v) is 4.81. The molecular formula is C27H26N2O5S. The number of rotatable bonds is 9. The summed E-state index contributed by atoms with van der Waals surface area (Å²) in [5.41, 5.74) is 0.866. The predicted molar refractivity (Wildman–Crippen MR) is 137 cm³/mol. The van der Waals surface area contributed by atoms with Crippen molar-refractivity contribution in [3.63, 3.8) is 0 Å². The van der Waals surface area contributed by atoms with Crippen molar-refractivity contribution in [1.29, 1.82) is 0 Å². The minimum absolute atomic E-state index is 0.147. The average Bonchev–Trinajstić information content (AvgIpc) is 2.90. The minimum atomic E-state index is -3.75. The van der Waals surface area contributed by atoms with E-state index >= 15 is 0 Å². The standard InChI is InChI=1S/C27H26N2O5S/c1-29(35(31,32)24-16-14-23(33-2)15-17-24)22-12-10-21(11-13-22)27(30)28-18-19-34-26-9-5-7-20-6-3-4-8-25(20)26/h3-17H,18-19H2,1-2H3,(H,28,30). The maximum Gasteiger partial charge on any atom is 0.264 e. The summed E-state index contributed by atoms with van der Waals surface area (Å²) in [5, 5.41) is 4.94. The van der Waals surface area contributed by atoms with E-state index in [0.29, 0.717) is 30.2 Å². The lowest BCUT2D eigenvalue weighted by Gasteiger charge is -2.20. The van der Waals surface area contributed by atoms with Crippen LogP contribution in [0.15, 0.2) is 95.9 Å². The molecule has 35 heavy (non-hydrogen) atoms. The molecule has 0 aliphatic carbocycles. The van der Waals surface area contributed by atoms with Gasteiger partial charge in [0.2, 0.25) is 0 Å². The number of fused-ring (bicyclic) bond motifs is 1. The second-order valence-electron chi connectivity index (χ2n) is 7.78. The molecule has 0 aromatic heterocycles. The highest BCUT2D eigenvalue weighted by Crippen LogP contribution is 2.25. The van der Waals surface area contributed by atoms with Gasteiger partial charge in [0.1, 0.15) is 18.1 Å². The second-order valence-corrected chi connectivity index (χ2v) is 9.75. The molecule has 7 nitrogen and oxygen atoms in total. The highest BCUT2D eigenvalue weighted by molar-refractivity contribution is 7.92. The molecule has 180 valence electrons. The Morgan fingerprint density at radius 2 is 1.57 bits per heavy atom. The third-order valence-corrected chi connectivity index (χ3v) is 7.41. The van der Waals surface area contributed by atoms with E-state index < -0.39 is 10.0 Å². The van der Waals surface area contributed by atoms with Crippen LogP contribution in [-0.2, 0) is 10.0 Å². The third kappa shape index (κ3) is 5.38. The van der Waals surface area contributed by atoms with Gasteiger partial charge in [-0.05, 0) is 60.0 Å². The SMILES string of the molecule is COc1ccc(S(=O)(=O)N(C)c2ccc(C(=O)NCCOc3cccc4ccccc34)cc2)cc1. The predicted octanol–water partition coefficient (Wildman–Crippen LogP) is 4.48. The Kier molecular flexibility index (Phi) is 7.22. The zero-order chi connectivity index (χ0) is 24.8. The Bertz CT molecular complexity index is 1410. The summed E-state index contributed by atoms with van der Waals surface area (Å²) in [6.07, 6.45) is 0. The first-order valence-electron chi connectivity index (χ1n) is 11.0.